The van der Waals surface area contributed by atoms with E-state index in [1.807, 2.05) is 36.8 Å². The molecule has 0 N–H and O–H groups in total. The van der Waals surface area contributed by atoms with E-state index in [0.29, 0.717) is 0 Å². The van der Waals surface area contributed by atoms with Gasteiger partial charge in [0.15, 0.2) is 0 Å². The largest absolute Gasteiger partial charge is 0.264 e. The summed E-state index contributed by atoms with van der Waals surface area (Å²) in [5, 5.41) is 4.54. The Morgan fingerprint density at radius 2 is 0.905 bits per heavy atom. The highest BCUT2D eigenvalue weighted by Crippen LogP contribution is 2.35. The van der Waals surface area contributed by atoms with Crippen molar-refractivity contribution in [2.24, 2.45) is 0 Å². The van der Waals surface area contributed by atoms with Crippen molar-refractivity contribution in [3.05, 3.63) is 146 Å². The molecule has 0 spiro atoms. The molecule has 0 bridgehead atoms. The molecule has 0 saturated carbocycles. The Morgan fingerprint density at radius 1 is 0.357 bits per heavy atom. The fourth-order valence-electron chi connectivity index (χ4n) is 5.66. The third-order valence-electron chi connectivity index (χ3n) is 7.82. The first-order valence-electron chi connectivity index (χ1n) is 13.9. The van der Waals surface area contributed by atoms with Crippen LogP contribution in [0.5, 0.6) is 0 Å². The Morgan fingerprint density at radius 3 is 1.57 bits per heavy atom. The van der Waals surface area contributed by atoms with E-state index in [-0.39, 0.29) is 0 Å². The standard InChI is InChI=1S/C38H24N4/c1-5-31(23-39-15-1)34-20-33(21-35(22-34)32-6-2-16-40-24-32)29-10-9-28-19-30(12-11-27(28)18-29)36-14-13-26-8-7-25-4-3-17-41-37(25)38(26)42-36/h1-24H. The lowest BCUT2D eigenvalue weighted by Gasteiger charge is -2.12. The van der Waals surface area contributed by atoms with Crippen molar-refractivity contribution in [2.75, 3.05) is 0 Å². The first-order valence-corrected chi connectivity index (χ1v) is 13.9. The van der Waals surface area contributed by atoms with Crippen LogP contribution in [0.2, 0.25) is 0 Å². The summed E-state index contributed by atoms with van der Waals surface area (Å²) >= 11 is 0. The van der Waals surface area contributed by atoms with Crippen LogP contribution < -0.4 is 0 Å². The lowest BCUT2D eigenvalue weighted by atomic mass is 9.93. The summed E-state index contributed by atoms with van der Waals surface area (Å²) in [5.41, 5.74) is 10.6. The van der Waals surface area contributed by atoms with Crippen LogP contribution in [-0.4, -0.2) is 19.9 Å². The first kappa shape index (κ1) is 24.1. The molecule has 0 radical (unpaired) electrons. The maximum absolute atomic E-state index is 5.05. The van der Waals surface area contributed by atoms with Gasteiger partial charge in [0, 0.05) is 58.4 Å². The Balaban J connectivity index is 1.21. The third kappa shape index (κ3) is 4.36. The van der Waals surface area contributed by atoms with Crippen molar-refractivity contribution in [3.8, 4) is 44.6 Å². The van der Waals surface area contributed by atoms with Crippen LogP contribution in [0.1, 0.15) is 0 Å². The highest BCUT2D eigenvalue weighted by atomic mass is 14.7. The molecule has 0 atom stereocenters. The number of fused-ring (bicyclic) bond motifs is 4. The van der Waals surface area contributed by atoms with Gasteiger partial charge in [-0.1, -0.05) is 60.7 Å². The maximum Gasteiger partial charge on any atom is 0.0972 e. The zero-order valence-electron chi connectivity index (χ0n) is 22.6. The molecule has 196 valence electrons. The van der Waals surface area contributed by atoms with Crippen molar-refractivity contribution in [1.29, 1.82) is 0 Å². The summed E-state index contributed by atoms with van der Waals surface area (Å²) in [7, 11) is 0. The van der Waals surface area contributed by atoms with E-state index in [1.165, 1.54) is 10.8 Å². The minimum absolute atomic E-state index is 0.930. The first-order chi connectivity index (χ1) is 20.8. The van der Waals surface area contributed by atoms with Gasteiger partial charge < -0.3 is 0 Å². The van der Waals surface area contributed by atoms with Crippen LogP contribution >= 0.6 is 0 Å². The van der Waals surface area contributed by atoms with Gasteiger partial charge in [-0.25, -0.2) is 4.98 Å². The molecule has 8 aromatic rings. The minimum atomic E-state index is 0.930. The topological polar surface area (TPSA) is 51.6 Å². The predicted molar refractivity (Wildman–Crippen MR) is 172 cm³/mol. The summed E-state index contributed by atoms with van der Waals surface area (Å²) in [4.78, 5) is 18.4. The molecule has 4 aromatic carbocycles. The summed E-state index contributed by atoms with van der Waals surface area (Å²) in [6.07, 6.45) is 9.26. The normalized spacial score (nSPS) is 11.3. The van der Waals surface area contributed by atoms with Crippen molar-refractivity contribution >= 4 is 32.6 Å². The molecule has 0 fully saturated rings. The van der Waals surface area contributed by atoms with Crippen molar-refractivity contribution < 1.29 is 0 Å². The molecule has 0 saturated heterocycles. The minimum Gasteiger partial charge on any atom is -0.264 e. The molecular formula is C38H24N4. The van der Waals surface area contributed by atoms with Gasteiger partial charge in [-0.3, -0.25) is 15.0 Å². The van der Waals surface area contributed by atoms with Gasteiger partial charge in [-0.15, -0.1) is 0 Å². The Hall–Kier alpha value is -5.74. The molecule has 4 heteroatoms. The smallest absolute Gasteiger partial charge is 0.0972 e. The van der Waals surface area contributed by atoms with Gasteiger partial charge in [0.1, 0.15) is 0 Å². The summed E-state index contributed by atoms with van der Waals surface area (Å²) in [5.74, 6) is 0. The molecule has 4 heterocycles. The fraction of sp³-hybridized carbons (Fsp3) is 0. The second-order valence-corrected chi connectivity index (χ2v) is 10.5. The van der Waals surface area contributed by atoms with E-state index in [4.69, 9.17) is 4.98 Å². The Bertz CT molecular complexity index is 2190. The molecule has 42 heavy (non-hydrogen) atoms. The van der Waals surface area contributed by atoms with Gasteiger partial charge in [-0.05, 0) is 87.6 Å². The number of hydrogen-bond acceptors (Lipinski definition) is 4. The van der Waals surface area contributed by atoms with Crippen LogP contribution in [0, 0.1) is 0 Å². The number of nitrogens with zero attached hydrogens (tertiary/aromatic N) is 4. The monoisotopic (exact) mass is 536 g/mol. The SMILES string of the molecule is c1cncc(-c2cc(-c3cccnc3)cc(-c3ccc4cc(-c5ccc6ccc7cccnc7c6n5)ccc4c3)c2)c1. The number of aromatic nitrogens is 4. The predicted octanol–water partition coefficient (Wildman–Crippen LogP) is 9.39. The molecule has 4 nitrogen and oxygen atoms in total. The highest BCUT2D eigenvalue weighted by molar-refractivity contribution is 6.03. The number of pyridine rings is 4. The van der Waals surface area contributed by atoms with Gasteiger partial charge in [-0.2, -0.15) is 0 Å². The number of benzene rings is 4. The van der Waals surface area contributed by atoms with Crippen LogP contribution in [0.4, 0.5) is 0 Å². The van der Waals surface area contributed by atoms with Crippen LogP contribution in [0.25, 0.3) is 77.2 Å². The van der Waals surface area contributed by atoms with E-state index in [2.05, 4.69) is 112 Å². The third-order valence-corrected chi connectivity index (χ3v) is 7.82. The molecule has 4 aromatic heterocycles. The van der Waals surface area contributed by atoms with E-state index >= 15 is 0 Å². The van der Waals surface area contributed by atoms with Gasteiger partial charge in [0.05, 0.1) is 16.7 Å². The quantitative estimate of drug-likeness (QED) is 0.210. The lowest BCUT2D eigenvalue weighted by molar-refractivity contribution is 1.32. The molecule has 0 amide bonds. The maximum atomic E-state index is 5.05. The zero-order valence-corrected chi connectivity index (χ0v) is 22.6. The van der Waals surface area contributed by atoms with Gasteiger partial charge in [0.2, 0.25) is 0 Å². The molecule has 0 unspecified atom stereocenters. The second-order valence-electron chi connectivity index (χ2n) is 10.5. The second kappa shape index (κ2) is 10.0. The zero-order chi connectivity index (χ0) is 27.9. The lowest BCUT2D eigenvalue weighted by Crippen LogP contribution is -1.89. The van der Waals surface area contributed by atoms with Crippen LogP contribution in [-0.2, 0) is 0 Å². The number of hydrogen-bond donors (Lipinski definition) is 0. The van der Waals surface area contributed by atoms with E-state index in [1.54, 1.807) is 12.4 Å². The van der Waals surface area contributed by atoms with Gasteiger partial charge in [0.25, 0.3) is 0 Å². The van der Waals surface area contributed by atoms with Crippen molar-refractivity contribution in [3.63, 3.8) is 0 Å². The average molecular weight is 537 g/mol. The van der Waals surface area contributed by atoms with Crippen LogP contribution in [0.3, 0.4) is 0 Å². The molecule has 8 rings (SSSR count). The van der Waals surface area contributed by atoms with E-state index in [9.17, 15) is 0 Å². The van der Waals surface area contributed by atoms with Crippen molar-refractivity contribution in [1.82, 2.24) is 19.9 Å². The van der Waals surface area contributed by atoms with E-state index in [0.717, 1.165) is 66.4 Å². The Kier molecular flexibility index (Phi) is 5.75. The molecule has 0 aliphatic carbocycles. The molecular weight excluding hydrogens is 512 g/mol. The van der Waals surface area contributed by atoms with E-state index < -0.39 is 0 Å². The highest BCUT2D eigenvalue weighted by Gasteiger charge is 2.10. The number of rotatable bonds is 4. The van der Waals surface area contributed by atoms with Crippen LogP contribution in [0.15, 0.2) is 146 Å². The Labute approximate surface area is 243 Å². The van der Waals surface area contributed by atoms with Crippen molar-refractivity contribution in [2.45, 2.75) is 0 Å². The summed E-state index contributed by atoms with van der Waals surface area (Å²) < 4.78 is 0. The average Bonchev–Trinajstić information content (AvgIpc) is 3.08. The molecule has 0 aliphatic heterocycles. The molecule has 0 aliphatic rings. The van der Waals surface area contributed by atoms with Gasteiger partial charge >= 0.3 is 0 Å². The fourth-order valence-corrected chi connectivity index (χ4v) is 5.66. The summed E-state index contributed by atoms with van der Waals surface area (Å²) in [6, 6.07) is 40.6. The summed E-state index contributed by atoms with van der Waals surface area (Å²) in [6.45, 7) is 0.